The summed E-state index contributed by atoms with van der Waals surface area (Å²) in [6, 6.07) is 2.03. The van der Waals surface area contributed by atoms with Gasteiger partial charge in [-0.15, -0.1) is 0 Å². The third-order valence-corrected chi connectivity index (χ3v) is 4.43. The topological polar surface area (TPSA) is 45.5 Å². The SMILES string of the molecule is Cc1cc(=O)c(O)c(CN2CCCCC2C)n1C(C)(C)C. The normalized spacial score (nSPS) is 20.7. The second-order valence-electron chi connectivity index (χ2n) is 7.27. The van der Waals surface area contributed by atoms with Gasteiger partial charge in [0.25, 0.3) is 0 Å². The van der Waals surface area contributed by atoms with Gasteiger partial charge in [0.1, 0.15) is 0 Å². The molecule has 2 heterocycles. The lowest BCUT2D eigenvalue weighted by atomic mass is 10.0. The van der Waals surface area contributed by atoms with Gasteiger partial charge in [0.15, 0.2) is 5.75 Å². The van der Waals surface area contributed by atoms with E-state index in [2.05, 4.69) is 37.2 Å². The van der Waals surface area contributed by atoms with Crippen molar-refractivity contribution in [3.63, 3.8) is 0 Å². The maximum Gasteiger partial charge on any atom is 0.223 e. The van der Waals surface area contributed by atoms with E-state index in [1.165, 1.54) is 25.3 Å². The number of hydrogen-bond acceptors (Lipinski definition) is 3. The van der Waals surface area contributed by atoms with Crippen molar-refractivity contribution in [2.75, 3.05) is 6.54 Å². The maximum atomic E-state index is 12.0. The molecule has 1 aromatic rings. The van der Waals surface area contributed by atoms with Crippen LogP contribution in [0.1, 0.15) is 58.3 Å². The molecule has 4 heteroatoms. The average molecular weight is 292 g/mol. The van der Waals surface area contributed by atoms with Crippen molar-refractivity contribution in [1.29, 1.82) is 0 Å². The van der Waals surface area contributed by atoms with Crippen molar-refractivity contribution < 1.29 is 5.11 Å². The molecule has 1 N–H and O–H groups in total. The van der Waals surface area contributed by atoms with Gasteiger partial charge in [-0.25, -0.2) is 0 Å². The Morgan fingerprint density at radius 1 is 1.33 bits per heavy atom. The van der Waals surface area contributed by atoms with Crippen molar-refractivity contribution in [1.82, 2.24) is 9.47 Å². The molecule has 0 bridgehead atoms. The van der Waals surface area contributed by atoms with Crippen LogP contribution in [0.3, 0.4) is 0 Å². The quantitative estimate of drug-likeness (QED) is 0.911. The van der Waals surface area contributed by atoms with Gasteiger partial charge in [0.05, 0.1) is 5.69 Å². The fourth-order valence-electron chi connectivity index (χ4n) is 3.45. The second kappa shape index (κ2) is 5.84. The Balaban J connectivity index is 2.48. The predicted molar refractivity (Wildman–Crippen MR) is 85.8 cm³/mol. The Kier molecular flexibility index (Phi) is 4.47. The van der Waals surface area contributed by atoms with Crippen LogP contribution in [0.2, 0.25) is 0 Å². The summed E-state index contributed by atoms with van der Waals surface area (Å²) in [4.78, 5) is 14.4. The van der Waals surface area contributed by atoms with Gasteiger partial charge >= 0.3 is 0 Å². The largest absolute Gasteiger partial charge is 0.503 e. The highest BCUT2D eigenvalue weighted by Gasteiger charge is 2.26. The molecule has 4 nitrogen and oxygen atoms in total. The molecule has 0 amide bonds. The molecule has 2 rings (SSSR count). The molecular formula is C17H28N2O2. The molecule has 0 aromatic carbocycles. The zero-order valence-corrected chi connectivity index (χ0v) is 13.9. The lowest BCUT2D eigenvalue weighted by Gasteiger charge is -2.36. The van der Waals surface area contributed by atoms with Gasteiger partial charge in [-0.3, -0.25) is 9.69 Å². The molecule has 0 radical (unpaired) electrons. The fraction of sp³-hybridized carbons (Fsp3) is 0.706. The first-order valence-corrected chi connectivity index (χ1v) is 7.91. The Morgan fingerprint density at radius 3 is 2.57 bits per heavy atom. The van der Waals surface area contributed by atoms with Crippen molar-refractivity contribution in [2.24, 2.45) is 0 Å². The third kappa shape index (κ3) is 3.31. The van der Waals surface area contributed by atoms with Crippen LogP contribution in [0.5, 0.6) is 5.75 Å². The monoisotopic (exact) mass is 292 g/mol. The zero-order valence-electron chi connectivity index (χ0n) is 13.9. The first kappa shape index (κ1) is 16.1. The minimum atomic E-state index is -0.271. The smallest absolute Gasteiger partial charge is 0.223 e. The molecule has 118 valence electrons. The van der Waals surface area contributed by atoms with E-state index in [0.29, 0.717) is 12.6 Å². The van der Waals surface area contributed by atoms with Crippen LogP contribution in [-0.2, 0) is 12.1 Å². The van der Waals surface area contributed by atoms with E-state index in [-0.39, 0.29) is 16.7 Å². The Morgan fingerprint density at radius 2 is 2.00 bits per heavy atom. The first-order valence-electron chi connectivity index (χ1n) is 7.91. The lowest BCUT2D eigenvalue weighted by Crippen LogP contribution is -2.39. The van der Waals surface area contributed by atoms with E-state index in [4.69, 9.17) is 0 Å². The third-order valence-electron chi connectivity index (χ3n) is 4.43. The molecule has 1 saturated heterocycles. The van der Waals surface area contributed by atoms with E-state index in [9.17, 15) is 9.90 Å². The van der Waals surface area contributed by atoms with Crippen LogP contribution in [0.4, 0.5) is 0 Å². The van der Waals surface area contributed by atoms with E-state index < -0.39 is 0 Å². The lowest BCUT2D eigenvalue weighted by molar-refractivity contribution is 0.143. The highest BCUT2D eigenvalue weighted by atomic mass is 16.3. The number of aryl methyl sites for hydroxylation is 1. The predicted octanol–water partition coefficient (Wildman–Crippen LogP) is 2.99. The first-order chi connectivity index (χ1) is 9.71. The Hall–Kier alpha value is -1.29. The molecule has 0 aliphatic carbocycles. The van der Waals surface area contributed by atoms with E-state index in [0.717, 1.165) is 17.9 Å². The molecular weight excluding hydrogens is 264 g/mol. The standard InChI is InChI=1S/C17H28N2O2/c1-12-8-6-7-9-18(12)11-14-16(21)15(20)10-13(2)19(14)17(3,4)5/h10,12,21H,6-9,11H2,1-5H3. The number of nitrogens with zero attached hydrogens (tertiary/aromatic N) is 2. The molecule has 0 spiro atoms. The Bertz CT molecular complexity index is 569. The van der Waals surface area contributed by atoms with Crippen molar-refractivity contribution >= 4 is 0 Å². The molecule has 0 saturated carbocycles. The van der Waals surface area contributed by atoms with Crippen LogP contribution >= 0.6 is 0 Å². The number of likely N-dealkylation sites (tertiary alicyclic amines) is 1. The summed E-state index contributed by atoms with van der Waals surface area (Å²) in [6.07, 6.45) is 3.65. The minimum absolute atomic E-state index is 0.0895. The van der Waals surface area contributed by atoms with Crippen LogP contribution in [0.15, 0.2) is 10.9 Å². The van der Waals surface area contributed by atoms with Gasteiger partial charge in [-0.05, 0) is 54.0 Å². The van der Waals surface area contributed by atoms with Gasteiger partial charge in [-0.2, -0.15) is 0 Å². The minimum Gasteiger partial charge on any atom is -0.503 e. The van der Waals surface area contributed by atoms with Crippen molar-refractivity contribution in [3.8, 4) is 5.75 Å². The summed E-state index contributed by atoms with van der Waals surface area (Å²) < 4.78 is 2.10. The second-order valence-corrected chi connectivity index (χ2v) is 7.27. The summed E-state index contributed by atoms with van der Waals surface area (Å²) in [6.45, 7) is 12.2. The number of piperidine rings is 1. The molecule has 1 aliphatic heterocycles. The van der Waals surface area contributed by atoms with Gasteiger partial charge in [-0.1, -0.05) is 6.42 Å². The van der Waals surface area contributed by atoms with Gasteiger partial charge in [0.2, 0.25) is 5.43 Å². The van der Waals surface area contributed by atoms with Gasteiger partial charge < -0.3 is 9.67 Å². The summed E-state index contributed by atoms with van der Waals surface area (Å²) in [5, 5.41) is 10.3. The number of hydrogen-bond donors (Lipinski definition) is 1. The molecule has 1 atom stereocenters. The molecule has 1 aliphatic rings. The van der Waals surface area contributed by atoms with Crippen LogP contribution < -0.4 is 5.43 Å². The van der Waals surface area contributed by atoms with Crippen molar-refractivity contribution in [2.45, 2.75) is 72.0 Å². The molecule has 1 aromatic heterocycles. The average Bonchev–Trinajstić information content (AvgIpc) is 2.36. The van der Waals surface area contributed by atoms with Crippen LogP contribution in [-0.4, -0.2) is 27.2 Å². The summed E-state index contributed by atoms with van der Waals surface area (Å²) in [5.41, 5.74) is 1.22. The summed E-state index contributed by atoms with van der Waals surface area (Å²) in [5.74, 6) is -0.0895. The van der Waals surface area contributed by atoms with Crippen LogP contribution in [0.25, 0.3) is 0 Å². The highest BCUT2D eigenvalue weighted by molar-refractivity contribution is 5.31. The molecule has 1 fully saturated rings. The highest BCUT2D eigenvalue weighted by Crippen LogP contribution is 2.27. The number of aromatic hydroxyl groups is 1. The maximum absolute atomic E-state index is 12.0. The number of aromatic nitrogens is 1. The summed E-state index contributed by atoms with van der Waals surface area (Å²) in [7, 11) is 0. The van der Waals surface area contributed by atoms with Gasteiger partial charge in [0, 0.05) is 29.9 Å². The Labute approximate surface area is 127 Å². The van der Waals surface area contributed by atoms with Crippen molar-refractivity contribution in [3.05, 3.63) is 27.7 Å². The van der Waals surface area contributed by atoms with Crippen LogP contribution in [0, 0.1) is 6.92 Å². The number of pyridine rings is 1. The van der Waals surface area contributed by atoms with E-state index >= 15 is 0 Å². The fourth-order valence-corrected chi connectivity index (χ4v) is 3.45. The number of rotatable bonds is 2. The van der Waals surface area contributed by atoms with E-state index in [1.807, 2.05) is 6.92 Å². The molecule has 1 unspecified atom stereocenters. The molecule has 21 heavy (non-hydrogen) atoms. The zero-order chi connectivity index (χ0) is 15.8. The summed E-state index contributed by atoms with van der Waals surface area (Å²) >= 11 is 0. The van der Waals surface area contributed by atoms with E-state index in [1.54, 1.807) is 0 Å².